The first-order valence-corrected chi connectivity index (χ1v) is 8.30. The number of aryl methyl sites for hydroxylation is 1. The Balaban J connectivity index is 2.05. The molecule has 1 saturated heterocycles. The molecular formula is C15H26N2OS. The molecule has 1 fully saturated rings. The molecule has 2 rings (SSSR count). The van der Waals surface area contributed by atoms with Gasteiger partial charge in [-0.2, -0.15) is 0 Å². The van der Waals surface area contributed by atoms with Crippen LogP contribution in [0.5, 0.6) is 0 Å². The summed E-state index contributed by atoms with van der Waals surface area (Å²) in [6.45, 7) is 8.49. The molecule has 1 aliphatic heterocycles. The molecule has 2 unspecified atom stereocenters. The highest BCUT2D eigenvalue weighted by atomic mass is 32.1. The Labute approximate surface area is 120 Å². The number of hydrogen-bond donors (Lipinski definition) is 1. The zero-order valence-corrected chi connectivity index (χ0v) is 13.2. The van der Waals surface area contributed by atoms with Crippen molar-refractivity contribution in [1.29, 1.82) is 0 Å². The zero-order chi connectivity index (χ0) is 13.7. The predicted octanol–water partition coefficient (Wildman–Crippen LogP) is 3.32. The highest BCUT2D eigenvalue weighted by Gasteiger charge is 2.36. The van der Waals surface area contributed by atoms with Gasteiger partial charge in [-0.15, -0.1) is 11.3 Å². The number of rotatable bonds is 6. The Hall–Kier alpha value is -0.450. The van der Waals surface area contributed by atoms with Crippen molar-refractivity contribution in [3.63, 3.8) is 0 Å². The third kappa shape index (κ3) is 4.01. The summed E-state index contributed by atoms with van der Waals surface area (Å²) in [5.74, 6) is 0. The van der Waals surface area contributed by atoms with Crippen molar-refractivity contribution in [3.05, 3.63) is 16.1 Å². The van der Waals surface area contributed by atoms with Gasteiger partial charge in [0, 0.05) is 24.4 Å². The maximum Gasteiger partial charge on any atom is 0.0897 e. The van der Waals surface area contributed by atoms with Crippen LogP contribution in [0.2, 0.25) is 0 Å². The van der Waals surface area contributed by atoms with Gasteiger partial charge < -0.3 is 10.1 Å². The molecule has 2 heterocycles. The summed E-state index contributed by atoms with van der Waals surface area (Å²) in [5, 5.41) is 7.01. The minimum atomic E-state index is -0.0368. The van der Waals surface area contributed by atoms with E-state index >= 15 is 0 Å². The van der Waals surface area contributed by atoms with Crippen molar-refractivity contribution in [3.8, 4) is 0 Å². The van der Waals surface area contributed by atoms with Gasteiger partial charge in [-0.25, -0.2) is 4.98 Å². The van der Waals surface area contributed by atoms with Crippen LogP contribution in [0.15, 0.2) is 5.38 Å². The van der Waals surface area contributed by atoms with Gasteiger partial charge in [-0.1, -0.05) is 6.92 Å². The summed E-state index contributed by atoms with van der Waals surface area (Å²) in [5.41, 5.74) is 1.16. The Bertz CT molecular complexity index is 385. The van der Waals surface area contributed by atoms with E-state index in [0.717, 1.165) is 37.4 Å². The van der Waals surface area contributed by atoms with E-state index < -0.39 is 0 Å². The lowest BCUT2D eigenvalue weighted by molar-refractivity contribution is -0.0884. The van der Waals surface area contributed by atoms with Crippen molar-refractivity contribution >= 4 is 11.3 Å². The zero-order valence-electron chi connectivity index (χ0n) is 12.4. The van der Waals surface area contributed by atoms with Gasteiger partial charge in [-0.05, 0) is 46.1 Å². The predicted molar refractivity (Wildman–Crippen MR) is 80.8 cm³/mol. The second-order valence-electron chi connectivity index (χ2n) is 5.69. The van der Waals surface area contributed by atoms with Crippen molar-refractivity contribution in [2.24, 2.45) is 0 Å². The van der Waals surface area contributed by atoms with E-state index in [0.29, 0.717) is 6.04 Å². The first kappa shape index (κ1) is 14.9. The van der Waals surface area contributed by atoms with Crippen molar-refractivity contribution in [2.45, 2.75) is 64.5 Å². The van der Waals surface area contributed by atoms with Crippen molar-refractivity contribution in [2.75, 3.05) is 13.2 Å². The minimum absolute atomic E-state index is 0.0368. The van der Waals surface area contributed by atoms with E-state index in [2.05, 4.69) is 36.5 Å². The van der Waals surface area contributed by atoms with E-state index in [1.54, 1.807) is 11.3 Å². The molecule has 0 aromatic carbocycles. The molecule has 0 spiro atoms. The Kier molecular flexibility index (Phi) is 5.37. The Morgan fingerprint density at radius 1 is 1.53 bits per heavy atom. The van der Waals surface area contributed by atoms with E-state index in [9.17, 15) is 0 Å². The fourth-order valence-corrected chi connectivity index (χ4v) is 3.39. The molecule has 0 aliphatic carbocycles. The lowest BCUT2D eigenvalue weighted by atomic mass is 9.85. The van der Waals surface area contributed by atoms with E-state index in [1.165, 1.54) is 18.5 Å². The molecule has 1 aliphatic rings. The molecule has 0 bridgehead atoms. The maximum absolute atomic E-state index is 6.12. The van der Waals surface area contributed by atoms with Crippen LogP contribution in [-0.2, 0) is 11.2 Å². The number of aromatic nitrogens is 1. The molecule has 4 heteroatoms. The van der Waals surface area contributed by atoms with Gasteiger partial charge in [0.05, 0.1) is 16.3 Å². The second-order valence-corrected chi connectivity index (χ2v) is 6.75. The van der Waals surface area contributed by atoms with Crippen molar-refractivity contribution in [1.82, 2.24) is 10.3 Å². The standard InChI is InChI=1S/C15H26N2OS/c1-4-8-16-14(10-13-11-19-12(2)17-13)15(3)7-5-6-9-18-15/h11,14,16H,4-10H2,1-3H3. The van der Waals surface area contributed by atoms with Crippen LogP contribution < -0.4 is 5.32 Å². The number of hydrogen-bond acceptors (Lipinski definition) is 4. The molecule has 1 aromatic rings. The molecule has 108 valence electrons. The molecule has 0 saturated carbocycles. The van der Waals surface area contributed by atoms with Crippen LogP contribution in [0.3, 0.4) is 0 Å². The number of nitrogens with zero attached hydrogens (tertiary/aromatic N) is 1. The third-order valence-electron chi connectivity index (χ3n) is 3.96. The minimum Gasteiger partial charge on any atom is -0.374 e. The van der Waals surface area contributed by atoms with Gasteiger partial charge in [0.15, 0.2) is 0 Å². The third-order valence-corrected chi connectivity index (χ3v) is 4.78. The van der Waals surface area contributed by atoms with E-state index in [4.69, 9.17) is 4.74 Å². The molecule has 0 amide bonds. The number of ether oxygens (including phenoxy) is 1. The van der Waals surface area contributed by atoms with Crippen LogP contribution >= 0.6 is 11.3 Å². The smallest absolute Gasteiger partial charge is 0.0897 e. The van der Waals surface area contributed by atoms with Crippen molar-refractivity contribution < 1.29 is 4.74 Å². The molecule has 3 nitrogen and oxygen atoms in total. The lowest BCUT2D eigenvalue weighted by Crippen LogP contribution is -2.53. The topological polar surface area (TPSA) is 34.2 Å². The van der Waals surface area contributed by atoms with Crippen LogP contribution in [0.4, 0.5) is 0 Å². The highest BCUT2D eigenvalue weighted by Crippen LogP contribution is 2.29. The molecule has 2 atom stereocenters. The largest absolute Gasteiger partial charge is 0.374 e. The summed E-state index contributed by atoms with van der Waals surface area (Å²) in [6, 6.07) is 0.370. The fraction of sp³-hybridized carbons (Fsp3) is 0.800. The summed E-state index contributed by atoms with van der Waals surface area (Å²) in [6.07, 6.45) is 5.75. The SMILES string of the molecule is CCCNC(Cc1csc(C)n1)C1(C)CCCCO1. The average molecular weight is 282 g/mol. The van der Waals surface area contributed by atoms with Gasteiger partial charge in [0.2, 0.25) is 0 Å². The second kappa shape index (κ2) is 6.82. The van der Waals surface area contributed by atoms with Crippen LogP contribution in [0.25, 0.3) is 0 Å². The lowest BCUT2D eigenvalue weighted by Gasteiger charge is -2.41. The van der Waals surface area contributed by atoms with Gasteiger partial charge in [0.25, 0.3) is 0 Å². The molecule has 1 N–H and O–H groups in total. The van der Waals surface area contributed by atoms with Gasteiger partial charge in [-0.3, -0.25) is 0 Å². The molecule has 1 aromatic heterocycles. The van der Waals surface area contributed by atoms with E-state index in [-0.39, 0.29) is 5.60 Å². The first-order chi connectivity index (χ1) is 9.14. The number of nitrogens with one attached hydrogen (secondary N) is 1. The van der Waals surface area contributed by atoms with Gasteiger partial charge >= 0.3 is 0 Å². The first-order valence-electron chi connectivity index (χ1n) is 7.42. The summed E-state index contributed by atoms with van der Waals surface area (Å²) in [7, 11) is 0. The average Bonchev–Trinajstić information content (AvgIpc) is 2.81. The Morgan fingerprint density at radius 2 is 2.37 bits per heavy atom. The quantitative estimate of drug-likeness (QED) is 0.869. The summed E-state index contributed by atoms with van der Waals surface area (Å²) in [4.78, 5) is 4.61. The summed E-state index contributed by atoms with van der Waals surface area (Å²) >= 11 is 1.74. The Morgan fingerprint density at radius 3 is 2.95 bits per heavy atom. The monoisotopic (exact) mass is 282 g/mol. The van der Waals surface area contributed by atoms with Gasteiger partial charge in [0.1, 0.15) is 0 Å². The molecule has 0 radical (unpaired) electrons. The fourth-order valence-electron chi connectivity index (χ4n) is 2.76. The summed E-state index contributed by atoms with van der Waals surface area (Å²) < 4.78 is 6.12. The van der Waals surface area contributed by atoms with Crippen LogP contribution in [-0.4, -0.2) is 29.8 Å². The van der Waals surface area contributed by atoms with Crippen LogP contribution in [0, 0.1) is 6.92 Å². The normalized spacial score (nSPS) is 25.4. The highest BCUT2D eigenvalue weighted by molar-refractivity contribution is 7.09. The molecule has 19 heavy (non-hydrogen) atoms. The van der Waals surface area contributed by atoms with Crippen LogP contribution in [0.1, 0.15) is 50.2 Å². The number of thiazole rings is 1. The maximum atomic E-state index is 6.12. The van der Waals surface area contributed by atoms with E-state index in [1.807, 2.05) is 0 Å². The molecular weight excluding hydrogens is 256 g/mol.